The number of β-amino-alcohol motifs (C(OH)–C–C–N with tert-alkyl or cyclic N) is 1. The van der Waals surface area contributed by atoms with Gasteiger partial charge in [0.1, 0.15) is 6.04 Å². The van der Waals surface area contributed by atoms with Crippen molar-refractivity contribution in [2.75, 3.05) is 26.2 Å². The van der Waals surface area contributed by atoms with Gasteiger partial charge >= 0.3 is 12.1 Å². The number of halogens is 3. The summed E-state index contributed by atoms with van der Waals surface area (Å²) >= 11 is 0. The van der Waals surface area contributed by atoms with Crippen LogP contribution < -0.4 is 5.32 Å². The zero-order valence-corrected chi connectivity index (χ0v) is 26.4. The third-order valence-electron chi connectivity index (χ3n) is 9.27. The molecule has 5 unspecified atom stereocenters. The van der Waals surface area contributed by atoms with Crippen LogP contribution in [0, 0.1) is 0 Å². The Balaban J connectivity index is 1.16. The second-order valence-corrected chi connectivity index (χ2v) is 12.8. The number of carbonyl (C=O) groups excluding carboxylic acids is 2. The first-order valence-corrected chi connectivity index (χ1v) is 16.3. The highest BCUT2D eigenvalue weighted by Crippen LogP contribution is 2.39. The molecule has 2 amide bonds. The molecule has 3 N–H and O–H groups in total. The molecule has 3 fully saturated rings. The summed E-state index contributed by atoms with van der Waals surface area (Å²) in [6, 6.07) is 21.9. The molecule has 3 heterocycles. The fourth-order valence-electron chi connectivity index (χ4n) is 6.78. The van der Waals surface area contributed by atoms with Crippen molar-refractivity contribution < 1.29 is 42.4 Å². The molecule has 0 saturated carbocycles. The van der Waals surface area contributed by atoms with Gasteiger partial charge in [-0.1, -0.05) is 60.7 Å². The molecule has 3 saturated heterocycles. The van der Waals surface area contributed by atoms with Crippen LogP contribution in [0.3, 0.4) is 0 Å². The predicted octanol–water partition coefficient (Wildman–Crippen LogP) is 4.63. The SMILES string of the molecule is O=C(NCc1cccc(-c2cccc(C3OC(CN4CCC(O)C4)CC(c4ccc(CO)cc4)O3)c2)c1)C1CCCN1C(=O)C(F)(F)F. The molecule has 3 aromatic carbocycles. The zero-order valence-electron chi connectivity index (χ0n) is 26.4. The number of hydrogen-bond donors (Lipinski definition) is 3. The van der Waals surface area contributed by atoms with Gasteiger partial charge in [-0.15, -0.1) is 0 Å². The number of nitrogens with zero attached hydrogens (tertiary/aromatic N) is 2. The minimum absolute atomic E-state index is 0.0418. The van der Waals surface area contributed by atoms with E-state index in [1.165, 1.54) is 0 Å². The van der Waals surface area contributed by atoms with E-state index in [1.54, 1.807) is 0 Å². The number of hydrogen-bond acceptors (Lipinski definition) is 7. The van der Waals surface area contributed by atoms with E-state index in [4.69, 9.17) is 9.47 Å². The fourth-order valence-corrected chi connectivity index (χ4v) is 6.78. The maximum Gasteiger partial charge on any atom is 0.471 e. The summed E-state index contributed by atoms with van der Waals surface area (Å²) in [4.78, 5) is 27.4. The molecule has 0 spiro atoms. The minimum Gasteiger partial charge on any atom is -0.392 e. The molecular formula is C36H40F3N3O6. The fraction of sp³-hybridized carbons (Fsp3) is 0.444. The molecule has 12 heteroatoms. The van der Waals surface area contributed by atoms with Crippen LogP contribution in [0.1, 0.15) is 60.3 Å². The molecule has 9 nitrogen and oxygen atoms in total. The van der Waals surface area contributed by atoms with Crippen LogP contribution in [-0.2, 0) is 32.2 Å². The van der Waals surface area contributed by atoms with E-state index in [1.807, 2.05) is 72.8 Å². The predicted molar refractivity (Wildman–Crippen MR) is 170 cm³/mol. The van der Waals surface area contributed by atoms with Crippen LogP contribution in [0.25, 0.3) is 11.1 Å². The first kappa shape index (κ1) is 34.1. The lowest BCUT2D eigenvalue weighted by molar-refractivity contribution is -0.252. The molecule has 3 aromatic rings. The molecule has 0 bridgehead atoms. The van der Waals surface area contributed by atoms with Crippen molar-refractivity contribution >= 4 is 11.8 Å². The Labute approximate surface area is 277 Å². The number of aliphatic hydroxyl groups excluding tert-OH is 2. The molecule has 48 heavy (non-hydrogen) atoms. The summed E-state index contributed by atoms with van der Waals surface area (Å²) in [6.45, 7) is 2.03. The molecule has 0 aliphatic carbocycles. The van der Waals surface area contributed by atoms with E-state index in [9.17, 15) is 33.0 Å². The third kappa shape index (κ3) is 8.07. The van der Waals surface area contributed by atoms with Gasteiger partial charge in [0.25, 0.3) is 0 Å². The summed E-state index contributed by atoms with van der Waals surface area (Å²) in [6.07, 6.45) is -4.51. The van der Waals surface area contributed by atoms with E-state index >= 15 is 0 Å². The van der Waals surface area contributed by atoms with E-state index in [0.29, 0.717) is 30.8 Å². The average molecular weight is 668 g/mol. The van der Waals surface area contributed by atoms with Crippen LogP contribution in [0.5, 0.6) is 0 Å². The number of amides is 2. The van der Waals surface area contributed by atoms with Crippen molar-refractivity contribution in [2.45, 2.75) is 75.7 Å². The Morgan fingerprint density at radius 2 is 1.65 bits per heavy atom. The standard InChI is InChI=1S/C36H40F3N3O6/c37-36(38,39)35(46)42-14-3-8-31(42)33(45)40-19-24-4-1-5-26(16-24)27-6-2-7-28(17-27)34-47-30(21-41-15-13-29(44)20-41)18-32(48-34)25-11-9-23(22-43)10-12-25/h1-2,4-7,9-12,16-17,29-32,34,43-44H,3,8,13-15,18-22H2,(H,40,45). The van der Waals surface area contributed by atoms with E-state index < -0.39 is 30.3 Å². The first-order valence-electron chi connectivity index (χ1n) is 16.3. The minimum atomic E-state index is -5.02. The summed E-state index contributed by atoms with van der Waals surface area (Å²) in [5, 5.41) is 22.3. The van der Waals surface area contributed by atoms with Crippen molar-refractivity contribution in [3.63, 3.8) is 0 Å². The number of rotatable bonds is 9. The third-order valence-corrected chi connectivity index (χ3v) is 9.27. The highest BCUT2D eigenvalue weighted by molar-refractivity contribution is 5.90. The van der Waals surface area contributed by atoms with Crippen molar-refractivity contribution in [1.29, 1.82) is 0 Å². The normalized spacial score (nSPS) is 24.9. The molecule has 6 rings (SSSR count). The van der Waals surface area contributed by atoms with Gasteiger partial charge in [0.2, 0.25) is 5.91 Å². The van der Waals surface area contributed by atoms with Gasteiger partial charge in [-0.3, -0.25) is 14.5 Å². The van der Waals surface area contributed by atoms with Gasteiger partial charge in [-0.2, -0.15) is 13.2 Å². The number of benzene rings is 3. The monoisotopic (exact) mass is 667 g/mol. The Morgan fingerprint density at radius 1 is 0.896 bits per heavy atom. The largest absolute Gasteiger partial charge is 0.471 e. The van der Waals surface area contributed by atoms with Crippen LogP contribution in [0.4, 0.5) is 13.2 Å². The molecule has 3 aliphatic heterocycles. The van der Waals surface area contributed by atoms with Crippen LogP contribution in [-0.4, -0.2) is 82.4 Å². The number of likely N-dealkylation sites (tertiary alicyclic amines) is 2. The molecule has 0 radical (unpaired) electrons. The lowest BCUT2D eigenvalue weighted by Gasteiger charge is -2.38. The van der Waals surface area contributed by atoms with E-state index in [-0.39, 0.29) is 44.4 Å². The van der Waals surface area contributed by atoms with Gasteiger partial charge in [-0.05, 0) is 59.2 Å². The summed E-state index contributed by atoms with van der Waals surface area (Å²) in [5.41, 5.74) is 5.14. The lowest BCUT2D eigenvalue weighted by Crippen LogP contribution is -2.50. The summed E-state index contributed by atoms with van der Waals surface area (Å²) < 4.78 is 52.1. The van der Waals surface area contributed by atoms with Crippen molar-refractivity contribution in [3.05, 3.63) is 95.1 Å². The number of alkyl halides is 3. The van der Waals surface area contributed by atoms with Gasteiger partial charge in [0, 0.05) is 44.7 Å². The van der Waals surface area contributed by atoms with E-state index in [0.717, 1.165) is 46.3 Å². The Morgan fingerprint density at radius 3 is 2.35 bits per heavy atom. The second-order valence-electron chi connectivity index (χ2n) is 12.8. The average Bonchev–Trinajstić information content (AvgIpc) is 3.75. The van der Waals surface area contributed by atoms with E-state index in [2.05, 4.69) is 10.2 Å². The molecule has 5 atom stereocenters. The quantitative estimate of drug-likeness (QED) is 0.305. The molecule has 0 aromatic heterocycles. The van der Waals surface area contributed by atoms with Crippen LogP contribution >= 0.6 is 0 Å². The number of carbonyl (C=O) groups is 2. The number of nitrogens with one attached hydrogen (secondary N) is 1. The van der Waals surface area contributed by atoms with Crippen molar-refractivity contribution in [1.82, 2.24) is 15.1 Å². The van der Waals surface area contributed by atoms with Gasteiger partial charge in [0.15, 0.2) is 6.29 Å². The van der Waals surface area contributed by atoms with Crippen LogP contribution in [0.15, 0.2) is 72.8 Å². The zero-order chi connectivity index (χ0) is 33.8. The second kappa shape index (κ2) is 14.8. The van der Waals surface area contributed by atoms with Gasteiger partial charge in [0.05, 0.1) is 24.9 Å². The highest BCUT2D eigenvalue weighted by atomic mass is 19.4. The van der Waals surface area contributed by atoms with Crippen LogP contribution in [0.2, 0.25) is 0 Å². The number of aliphatic hydroxyl groups is 2. The first-order chi connectivity index (χ1) is 23.1. The lowest BCUT2D eigenvalue weighted by atomic mass is 9.98. The van der Waals surface area contributed by atoms with Crippen molar-refractivity contribution in [3.8, 4) is 11.1 Å². The maximum atomic E-state index is 13.0. The highest BCUT2D eigenvalue weighted by Gasteiger charge is 2.47. The summed E-state index contributed by atoms with van der Waals surface area (Å²) in [5.74, 6) is -2.59. The molecule has 3 aliphatic rings. The Kier molecular flexibility index (Phi) is 10.5. The maximum absolute atomic E-state index is 13.0. The Bertz CT molecular complexity index is 1590. The summed E-state index contributed by atoms with van der Waals surface area (Å²) in [7, 11) is 0. The van der Waals surface area contributed by atoms with Crippen molar-refractivity contribution in [2.24, 2.45) is 0 Å². The van der Waals surface area contributed by atoms with Gasteiger partial charge < -0.3 is 29.9 Å². The molecular weight excluding hydrogens is 627 g/mol. The number of ether oxygens (including phenoxy) is 2. The molecule has 256 valence electrons. The van der Waals surface area contributed by atoms with Gasteiger partial charge in [-0.25, -0.2) is 0 Å². The topological polar surface area (TPSA) is 112 Å². The smallest absolute Gasteiger partial charge is 0.392 e. The Hall–Kier alpha value is -3.81.